The number of nitrogens with one attached hydrogen (secondary N) is 1. The maximum Gasteiger partial charge on any atom is 0.107 e. The van der Waals surface area contributed by atoms with Gasteiger partial charge in [0, 0.05) is 17.6 Å². The molecule has 0 aliphatic heterocycles. The highest BCUT2D eigenvalue weighted by Gasteiger charge is 1.99. The topological polar surface area (TPSA) is 50.9 Å². The molecule has 1 aromatic heterocycles. The molecule has 3 nitrogen and oxygen atoms in total. The van der Waals surface area contributed by atoms with Gasteiger partial charge in [0.05, 0.1) is 0 Å². The van der Waals surface area contributed by atoms with Gasteiger partial charge in [-0.15, -0.1) is 11.3 Å². The van der Waals surface area contributed by atoms with Crippen LogP contribution in [0.3, 0.4) is 0 Å². The Balaban J connectivity index is 2.04. The summed E-state index contributed by atoms with van der Waals surface area (Å²) < 4.78 is 0. The van der Waals surface area contributed by atoms with Gasteiger partial charge in [-0.25, -0.2) is 4.98 Å². The van der Waals surface area contributed by atoms with Crippen LogP contribution in [0, 0.1) is 0 Å². The zero-order valence-corrected chi connectivity index (χ0v) is 10.3. The van der Waals surface area contributed by atoms with Crippen molar-refractivity contribution < 1.29 is 0 Å². The average molecular weight is 227 g/mol. The zero-order chi connectivity index (χ0) is 10.9. The lowest BCUT2D eigenvalue weighted by Crippen LogP contribution is -2.14. The molecule has 1 rings (SSSR count). The minimum Gasteiger partial charge on any atom is -0.330 e. The summed E-state index contributed by atoms with van der Waals surface area (Å²) in [6, 6.07) is 0. The number of rotatable bonds is 8. The van der Waals surface area contributed by atoms with E-state index >= 15 is 0 Å². The second-order valence-corrected chi connectivity index (χ2v) is 4.80. The predicted octanol–water partition coefficient (Wildman–Crippen LogP) is 1.92. The number of aromatic nitrogens is 1. The van der Waals surface area contributed by atoms with E-state index in [1.165, 1.54) is 22.7 Å². The van der Waals surface area contributed by atoms with Gasteiger partial charge in [-0.3, -0.25) is 0 Å². The number of nitrogens with two attached hydrogens (primary N) is 1. The van der Waals surface area contributed by atoms with Crippen LogP contribution in [0.25, 0.3) is 0 Å². The Morgan fingerprint density at radius 3 is 2.93 bits per heavy atom. The van der Waals surface area contributed by atoms with Gasteiger partial charge < -0.3 is 11.1 Å². The highest BCUT2D eigenvalue weighted by atomic mass is 32.1. The van der Waals surface area contributed by atoms with Crippen molar-refractivity contribution in [2.45, 2.75) is 39.2 Å². The minimum absolute atomic E-state index is 0.812. The molecular formula is C11H21N3S. The molecule has 0 bridgehead atoms. The Morgan fingerprint density at radius 1 is 1.40 bits per heavy atom. The highest BCUT2D eigenvalue weighted by Crippen LogP contribution is 2.12. The summed E-state index contributed by atoms with van der Waals surface area (Å²) >= 11 is 1.81. The van der Waals surface area contributed by atoms with Crippen molar-refractivity contribution >= 4 is 11.3 Å². The lowest BCUT2D eigenvalue weighted by Gasteiger charge is -2.01. The smallest absolute Gasteiger partial charge is 0.107 e. The maximum absolute atomic E-state index is 5.42. The third-order valence-electron chi connectivity index (χ3n) is 2.28. The molecule has 0 spiro atoms. The van der Waals surface area contributed by atoms with Gasteiger partial charge in [-0.1, -0.05) is 13.3 Å². The lowest BCUT2D eigenvalue weighted by atomic mass is 10.2. The molecule has 0 unspecified atom stereocenters. The Bertz CT molecular complexity index is 260. The second-order valence-electron chi connectivity index (χ2n) is 3.60. The van der Waals surface area contributed by atoms with Crippen LogP contribution < -0.4 is 11.1 Å². The average Bonchev–Trinajstić information content (AvgIpc) is 2.71. The molecule has 0 aromatic carbocycles. The predicted molar refractivity (Wildman–Crippen MR) is 66.1 cm³/mol. The molecular weight excluding hydrogens is 206 g/mol. The summed E-state index contributed by atoms with van der Waals surface area (Å²) in [6.45, 7) is 4.96. The lowest BCUT2D eigenvalue weighted by molar-refractivity contribution is 0.605. The molecule has 15 heavy (non-hydrogen) atoms. The normalized spacial score (nSPS) is 10.8. The van der Waals surface area contributed by atoms with Gasteiger partial charge in [0.25, 0.3) is 0 Å². The zero-order valence-electron chi connectivity index (χ0n) is 9.46. The Labute approximate surface area is 96.1 Å². The molecule has 0 aliphatic carbocycles. The van der Waals surface area contributed by atoms with Gasteiger partial charge in [-0.05, 0) is 32.4 Å². The summed E-state index contributed by atoms with van der Waals surface area (Å²) in [5.74, 6) is 0. The largest absolute Gasteiger partial charge is 0.330 e. The van der Waals surface area contributed by atoms with Gasteiger partial charge >= 0.3 is 0 Å². The third kappa shape index (κ3) is 5.25. The molecule has 0 amide bonds. The molecule has 0 aliphatic rings. The van der Waals surface area contributed by atoms with E-state index in [0.29, 0.717) is 0 Å². The number of nitrogens with zero attached hydrogens (tertiary/aromatic N) is 1. The Kier molecular flexibility index (Phi) is 6.55. The number of unbranched alkanes of at least 4 members (excludes halogenated alkanes) is 2. The van der Waals surface area contributed by atoms with Crippen molar-refractivity contribution in [1.29, 1.82) is 0 Å². The first kappa shape index (κ1) is 12.6. The van der Waals surface area contributed by atoms with Crippen LogP contribution in [0.2, 0.25) is 0 Å². The molecule has 4 heteroatoms. The summed E-state index contributed by atoms with van der Waals surface area (Å²) in [5, 5.41) is 4.60. The minimum atomic E-state index is 0.812. The maximum atomic E-state index is 5.42. The highest BCUT2D eigenvalue weighted by molar-refractivity contribution is 7.11. The van der Waals surface area contributed by atoms with Gasteiger partial charge in [0.1, 0.15) is 5.01 Å². The summed E-state index contributed by atoms with van der Waals surface area (Å²) in [6.07, 6.45) is 6.65. The van der Waals surface area contributed by atoms with E-state index in [-0.39, 0.29) is 0 Å². The quantitative estimate of drug-likeness (QED) is 0.667. The van der Waals surface area contributed by atoms with Crippen LogP contribution in [-0.4, -0.2) is 18.1 Å². The number of thiazole rings is 1. The van der Waals surface area contributed by atoms with Crippen LogP contribution in [0.5, 0.6) is 0 Å². The fourth-order valence-corrected chi connectivity index (χ4v) is 2.19. The van der Waals surface area contributed by atoms with Crippen molar-refractivity contribution in [3.63, 3.8) is 0 Å². The van der Waals surface area contributed by atoms with Crippen LogP contribution >= 0.6 is 11.3 Å². The summed E-state index contributed by atoms with van der Waals surface area (Å²) in [7, 11) is 0. The van der Waals surface area contributed by atoms with E-state index < -0.39 is 0 Å². The van der Waals surface area contributed by atoms with Crippen molar-refractivity contribution in [2.75, 3.05) is 13.1 Å². The number of hydrogen-bond donors (Lipinski definition) is 2. The standard InChI is InChI=1S/C11H21N3S/c1-2-10-8-14-11(15-10)9-13-7-5-3-4-6-12/h8,13H,2-7,9,12H2,1H3. The SMILES string of the molecule is CCc1cnc(CNCCCCCN)s1. The molecule has 0 fully saturated rings. The van der Waals surface area contributed by atoms with Gasteiger partial charge in [-0.2, -0.15) is 0 Å². The van der Waals surface area contributed by atoms with Gasteiger partial charge in [0.15, 0.2) is 0 Å². The number of aryl methyl sites for hydroxylation is 1. The first-order valence-corrected chi connectivity index (χ1v) is 6.52. The molecule has 0 saturated carbocycles. The molecule has 0 radical (unpaired) electrons. The molecule has 0 atom stereocenters. The van der Waals surface area contributed by atoms with Crippen molar-refractivity contribution in [1.82, 2.24) is 10.3 Å². The summed E-state index contributed by atoms with van der Waals surface area (Å²) in [5.41, 5.74) is 5.42. The molecule has 1 heterocycles. The van der Waals surface area contributed by atoms with Crippen LogP contribution in [-0.2, 0) is 13.0 Å². The van der Waals surface area contributed by atoms with Crippen LogP contribution in [0.15, 0.2) is 6.20 Å². The fourth-order valence-electron chi connectivity index (χ4n) is 1.36. The van der Waals surface area contributed by atoms with Crippen molar-refractivity contribution in [3.8, 4) is 0 Å². The Morgan fingerprint density at radius 2 is 2.27 bits per heavy atom. The van der Waals surface area contributed by atoms with E-state index in [9.17, 15) is 0 Å². The molecule has 0 saturated heterocycles. The third-order valence-corrected chi connectivity index (χ3v) is 3.43. The first-order valence-electron chi connectivity index (χ1n) is 5.71. The van der Waals surface area contributed by atoms with Gasteiger partial charge in [0.2, 0.25) is 0 Å². The van der Waals surface area contributed by atoms with Crippen molar-refractivity contribution in [3.05, 3.63) is 16.1 Å². The monoisotopic (exact) mass is 227 g/mol. The summed E-state index contributed by atoms with van der Waals surface area (Å²) in [4.78, 5) is 5.73. The second kappa shape index (κ2) is 7.79. The fraction of sp³-hybridized carbons (Fsp3) is 0.727. The van der Waals surface area contributed by atoms with Crippen LogP contribution in [0.1, 0.15) is 36.1 Å². The van der Waals surface area contributed by atoms with E-state index in [1.807, 2.05) is 17.5 Å². The van der Waals surface area contributed by atoms with E-state index in [4.69, 9.17) is 5.73 Å². The van der Waals surface area contributed by atoms with Crippen molar-refractivity contribution in [2.24, 2.45) is 5.73 Å². The number of hydrogen-bond acceptors (Lipinski definition) is 4. The van der Waals surface area contributed by atoms with E-state index in [1.54, 1.807) is 0 Å². The van der Waals surface area contributed by atoms with E-state index in [2.05, 4.69) is 17.2 Å². The first-order chi connectivity index (χ1) is 7.36. The molecule has 3 N–H and O–H groups in total. The van der Waals surface area contributed by atoms with Crippen LogP contribution in [0.4, 0.5) is 0 Å². The molecule has 86 valence electrons. The van der Waals surface area contributed by atoms with E-state index in [0.717, 1.165) is 32.5 Å². The molecule has 1 aromatic rings. The Hall–Kier alpha value is -0.450.